The average molecular weight is 384 g/mol. The standard InChI is InChI=1S/C19H30ClN3OS/c1-14(2)7-10-22(3)16-8-11-23(12-9-16)19(25)21-15-5-6-18(24-4)17(20)13-15/h5-6,13-14,16H,7-12H2,1-4H3,(H,21,25). The molecule has 0 saturated carbocycles. The highest BCUT2D eigenvalue weighted by atomic mass is 35.5. The number of rotatable bonds is 6. The minimum atomic E-state index is 0.584. The van der Waals surface area contributed by atoms with E-state index in [2.05, 4.69) is 36.0 Å². The number of hydrogen-bond acceptors (Lipinski definition) is 3. The fourth-order valence-electron chi connectivity index (χ4n) is 3.10. The van der Waals surface area contributed by atoms with Gasteiger partial charge < -0.3 is 19.9 Å². The Morgan fingerprint density at radius 2 is 2.08 bits per heavy atom. The van der Waals surface area contributed by atoms with E-state index in [4.69, 9.17) is 28.6 Å². The van der Waals surface area contributed by atoms with E-state index < -0.39 is 0 Å². The number of likely N-dealkylation sites (tertiary alicyclic amines) is 1. The van der Waals surface area contributed by atoms with Gasteiger partial charge in [-0.3, -0.25) is 0 Å². The lowest BCUT2D eigenvalue weighted by Gasteiger charge is -2.38. The molecular weight excluding hydrogens is 354 g/mol. The summed E-state index contributed by atoms with van der Waals surface area (Å²) in [5, 5.41) is 4.64. The molecule has 6 heteroatoms. The van der Waals surface area contributed by atoms with Crippen molar-refractivity contribution >= 4 is 34.6 Å². The second kappa shape index (κ2) is 9.60. The van der Waals surface area contributed by atoms with Crippen molar-refractivity contribution in [2.75, 3.05) is 39.1 Å². The number of nitrogens with one attached hydrogen (secondary N) is 1. The molecule has 1 N–H and O–H groups in total. The largest absolute Gasteiger partial charge is 0.495 e. The zero-order chi connectivity index (χ0) is 18.4. The Labute approximate surface area is 162 Å². The van der Waals surface area contributed by atoms with Gasteiger partial charge in [-0.15, -0.1) is 0 Å². The molecule has 1 aliphatic heterocycles. The number of nitrogens with zero attached hydrogens (tertiary/aromatic N) is 2. The molecule has 1 aliphatic rings. The van der Waals surface area contributed by atoms with Crippen molar-refractivity contribution < 1.29 is 4.74 Å². The van der Waals surface area contributed by atoms with Crippen LogP contribution >= 0.6 is 23.8 Å². The molecule has 140 valence electrons. The van der Waals surface area contributed by atoms with Gasteiger partial charge in [0.05, 0.1) is 12.1 Å². The topological polar surface area (TPSA) is 27.7 Å². The Kier molecular flexibility index (Phi) is 7.79. The third-order valence-electron chi connectivity index (χ3n) is 4.84. The van der Waals surface area contributed by atoms with Crippen LogP contribution in [0.4, 0.5) is 5.69 Å². The Bertz CT molecular complexity index is 574. The lowest BCUT2D eigenvalue weighted by Crippen LogP contribution is -2.47. The summed E-state index contributed by atoms with van der Waals surface area (Å²) in [6.07, 6.45) is 3.56. The highest BCUT2D eigenvalue weighted by Gasteiger charge is 2.23. The van der Waals surface area contributed by atoms with Crippen molar-refractivity contribution in [1.29, 1.82) is 0 Å². The van der Waals surface area contributed by atoms with Crippen molar-refractivity contribution in [3.8, 4) is 5.75 Å². The fourth-order valence-corrected chi connectivity index (χ4v) is 3.66. The minimum Gasteiger partial charge on any atom is -0.495 e. The van der Waals surface area contributed by atoms with Gasteiger partial charge in [0, 0.05) is 24.8 Å². The molecule has 1 aromatic carbocycles. The Morgan fingerprint density at radius 1 is 1.40 bits per heavy atom. The molecule has 0 aromatic heterocycles. The van der Waals surface area contributed by atoms with Crippen LogP contribution in [0.1, 0.15) is 33.1 Å². The van der Waals surface area contributed by atoms with Crippen LogP contribution in [0.5, 0.6) is 5.75 Å². The predicted octanol–water partition coefficient (Wildman–Crippen LogP) is 4.49. The summed E-state index contributed by atoms with van der Waals surface area (Å²) >= 11 is 11.8. The molecule has 1 fully saturated rings. The number of hydrogen-bond donors (Lipinski definition) is 1. The van der Waals surface area contributed by atoms with Gasteiger partial charge in [-0.25, -0.2) is 0 Å². The maximum absolute atomic E-state index is 6.18. The summed E-state index contributed by atoms with van der Waals surface area (Å²) in [4.78, 5) is 4.76. The number of thiocarbonyl (C=S) groups is 1. The van der Waals surface area contributed by atoms with Crippen molar-refractivity contribution in [2.45, 2.75) is 39.2 Å². The van der Waals surface area contributed by atoms with Gasteiger partial charge in [0.25, 0.3) is 0 Å². The first-order valence-corrected chi connectivity index (χ1v) is 9.79. The highest BCUT2D eigenvalue weighted by molar-refractivity contribution is 7.80. The monoisotopic (exact) mass is 383 g/mol. The second-order valence-corrected chi connectivity index (χ2v) is 7.95. The van der Waals surface area contributed by atoms with Crippen molar-refractivity contribution in [3.63, 3.8) is 0 Å². The molecule has 25 heavy (non-hydrogen) atoms. The van der Waals surface area contributed by atoms with Gasteiger partial charge in [-0.05, 0) is 69.2 Å². The molecule has 0 spiro atoms. The number of benzene rings is 1. The number of anilines is 1. The van der Waals surface area contributed by atoms with Crippen LogP contribution in [-0.4, -0.2) is 54.7 Å². The summed E-state index contributed by atoms with van der Waals surface area (Å²) in [7, 11) is 3.86. The second-order valence-electron chi connectivity index (χ2n) is 7.16. The van der Waals surface area contributed by atoms with E-state index in [1.807, 2.05) is 18.2 Å². The van der Waals surface area contributed by atoms with Crippen molar-refractivity contribution in [2.24, 2.45) is 5.92 Å². The van der Waals surface area contributed by atoms with E-state index in [9.17, 15) is 0 Å². The van der Waals surface area contributed by atoms with Gasteiger partial charge in [-0.1, -0.05) is 25.4 Å². The molecule has 0 amide bonds. The maximum Gasteiger partial charge on any atom is 0.173 e. The molecular formula is C19H30ClN3OS. The van der Waals surface area contributed by atoms with E-state index in [1.54, 1.807) is 7.11 Å². The number of ether oxygens (including phenoxy) is 1. The van der Waals surface area contributed by atoms with Gasteiger partial charge in [0.1, 0.15) is 5.75 Å². The normalized spacial score (nSPS) is 15.7. The molecule has 2 rings (SSSR count). The summed E-state index contributed by atoms with van der Waals surface area (Å²) in [5.74, 6) is 1.43. The van der Waals surface area contributed by atoms with Crippen molar-refractivity contribution in [3.05, 3.63) is 23.2 Å². The van der Waals surface area contributed by atoms with E-state index >= 15 is 0 Å². The summed E-state index contributed by atoms with van der Waals surface area (Å²) in [6.45, 7) is 7.73. The third kappa shape index (κ3) is 6.01. The number of methoxy groups -OCH3 is 1. The van der Waals surface area contributed by atoms with Gasteiger partial charge in [0.15, 0.2) is 5.11 Å². The lowest BCUT2D eigenvalue weighted by atomic mass is 10.0. The van der Waals surface area contributed by atoms with E-state index in [0.29, 0.717) is 16.8 Å². The predicted molar refractivity (Wildman–Crippen MR) is 111 cm³/mol. The first-order chi connectivity index (χ1) is 11.9. The van der Waals surface area contributed by atoms with Crippen LogP contribution in [0.25, 0.3) is 0 Å². The van der Waals surface area contributed by atoms with Crippen LogP contribution in [0.3, 0.4) is 0 Å². The first-order valence-electron chi connectivity index (χ1n) is 9.00. The molecule has 4 nitrogen and oxygen atoms in total. The van der Waals surface area contributed by atoms with Crippen LogP contribution < -0.4 is 10.1 Å². The first kappa shape index (κ1) is 20.3. The average Bonchev–Trinajstić information content (AvgIpc) is 2.60. The lowest BCUT2D eigenvalue weighted by molar-refractivity contribution is 0.159. The van der Waals surface area contributed by atoms with Crippen molar-refractivity contribution in [1.82, 2.24) is 9.80 Å². The van der Waals surface area contributed by atoms with Gasteiger partial charge in [0.2, 0.25) is 0 Å². The zero-order valence-electron chi connectivity index (χ0n) is 15.7. The summed E-state index contributed by atoms with van der Waals surface area (Å²) in [5.41, 5.74) is 0.895. The zero-order valence-corrected chi connectivity index (χ0v) is 17.3. The maximum atomic E-state index is 6.18. The number of halogens is 1. The smallest absolute Gasteiger partial charge is 0.173 e. The SMILES string of the molecule is COc1ccc(NC(=S)N2CCC(N(C)CCC(C)C)CC2)cc1Cl. The van der Waals surface area contributed by atoms with E-state index in [-0.39, 0.29) is 0 Å². The molecule has 0 radical (unpaired) electrons. The molecule has 0 bridgehead atoms. The minimum absolute atomic E-state index is 0.584. The molecule has 1 aromatic rings. The Hall–Kier alpha value is -1.04. The van der Waals surface area contributed by atoms with Gasteiger partial charge in [-0.2, -0.15) is 0 Å². The molecule has 1 saturated heterocycles. The Balaban J connectivity index is 1.82. The van der Waals surface area contributed by atoms with E-state index in [0.717, 1.165) is 42.6 Å². The third-order valence-corrected chi connectivity index (χ3v) is 5.49. The molecule has 0 aliphatic carbocycles. The molecule has 0 atom stereocenters. The highest BCUT2D eigenvalue weighted by Crippen LogP contribution is 2.27. The summed E-state index contributed by atoms with van der Waals surface area (Å²) in [6, 6.07) is 6.29. The molecule has 1 heterocycles. The fraction of sp³-hybridized carbons (Fsp3) is 0.632. The number of piperidine rings is 1. The van der Waals surface area contributed by atoms with Crippen LogP contribution in [0.15, 0.2) is 18.2 Å². The Morgan fingerprint density at radius 3 is 2.64 bits per heavy atom. The van der Waals surface area contributed by atoms with Crippen LogP contribution in [0.2, 0.25) is 5.02 Å². The van der Waals surface area contributed by atoms with Crippen LogP contribution in [-0.2, 0) is 0 Å². The van der Waals surface area contributed by atoms with E-state index in [1.165, 1.54) is 13.0 Å². The van der Waals surface area contributed by atoms with Crippen LogP contribution in [0, 0.1) is 5.92 Å². The quantitative estimate of drug-likeness (QED) is 0.730. The summed E-state index contributed by atoms with van der Waals surface area (Å²) < 4.78 is 5.18. The van der Waals surface area contributed by atoms with Gasteiger partial charge >= 0.3 is 0 Å². The molecule has 0 unspecified atom stereocenters.